The number of carbonyl (C=O) groups excluding carboxylic acids is 1. The Morgan fingerprint density at radius 1 is 1.17 bits per heavy atom. The van der Waals surface area contributed by atoms with E-state index in [0.29, 0.717) is 11.6 Å². The van der Waals surface area contributed by atoms with Gasteiger partial charge < -0.3 is 10.2 Å². The van der Waals surface area contributed by atoms with E-state index >= 15 is 0 Å². The van der Waals surface area contributed by atoms with Gasteiger partial charge in [0.05, 0.1) is 0 Å². The van der Waals surface area contributed by atoms with Crippen LogP contribution in [0.3, 0.4) is 0 Å². The largest absolute Gasteiger partial charge is 0.355 e. The van der Waals surface area contributed by atoms with Crippen molar-refractivity contribution in [3.63, 3.8) is 0 Å². The Bertz CT molecular complexity index is 665. The Morgan fingerprint density at radius 2 is 1.88 bits per heavy atom. The Kier molecular flexibility index (Phi) is 6.36. The number of carbonyl (C=O) groups is 1. The molecular formula is C20H27N3O. The molecule has 0 saturated carbocycles. The maximum Gasteiger partial charge on any atom is 0.272 e. The summed E-state index contributed by atoms with van der Waals surface area (Å²) in [6.45, 7) is 7.23. The topological polar surface area (TPSA) is 45.2 Å². The van der Waals surface area contributed by atoms with Gasteiger partial charge in [0, 0.05) is 31.2 Å². The van der Waals surface area contributed by atoms with E-state index < -0.39 is 0 Å². The minimum Gasteiger partial charge on any atom is -0.355 e. The first-order chi connectivity index (χ1) is 11.5. The minimum absolute atomic E-state index is 0.0396. The van der Waals surface area contributed by atoms with Crippen molar-refractivity contribution in [2.45, 2.75) is 39.5 Å². The molecule has 1 heterocycles. The predicted molar refractivity (Wildman–Crippen MR) is 99.9 cm³/mol. The van der Waals surface area contributed by atoms with Crippen molar-refractivity contribution >= 4 is 17.3 Å². The van der Waals surface area contributed by atoms with Crippen LogP contribution in [0.1, 0.15) is 55.6 Å². The van der Waals surface area contributed by atoms with Crippen molar-refractivity contribution in [1.82, 2.24) is 9.88 Å². The molecule has 4 nitrogen and oxygen atoms in total. The highest BCUT2D eigenvalue weighted by atomic mass is 16.2. The van der Waals surface area contributed by atoms with Crippen LogP contribution < -0.4 is 5.32 Å². The molecule has 0 spiro atoms. The van der Waals surface area contributed by atoms with Crippen molar-refractivity contribution in [1.29, 1.82) is 0 Å². The number of aromatic nitrogens is 1. The molecule has 2 aromatic rings. The van der Waals surface area contributed by atoms with Gasteiger partial charge in [-0.2, -0.15) is 0 Å². The van der Waals surface area contributed by atoms with Crippen molar-refractivity contribution in [2.24, 2.45) is 0 Å². The molecule has 4 heteroatoms. The lowest BCUT2D eigenvalue weighted by molar-refractivity contribution is 0.0787. The van der Waals surface area contributed by atoms with Gasteiger partial charge in [0.2, 0.25) is 0 Å². The zero-order valence-corrected chi connectivity index (χ0v) is 15.0. The molecule has 0 bridgehead atoms. The number of hydrogen-bond acceptors (Lipinski definition) is 3. The second-order valence-corrected chi connectivity index (χ2v) is 6.41. The summed E-state index contributed by atoms with van der Waals surface area (Å²) in [4.78, 5) is 18.4. The molecule has 0 aliphatic rings. The number of nitrogens with one attached hydrogen (secondary N) is 1. The normalized spacial score (nSPS) is 10.7. The average molecular weight is 325 g/mol. The molecule has 1 amide bonds. The van der Waals surface area contributed by atoms with E-state index in [-0.39, 0.29) is 5.91 Å². The molecule has 2 rings (SSSR count). The third-order valence-electron chi connectivity index (χ3n) is 4.04. The van der Waals surface area contributed by atoms with Gasteiger partial charge in [0.15, 0.2) is 0 Å². The van der Waals surface area contributed by atoms with E-state index in [0.717, 1.165) is 30.8 Å². The Morgan fingerprint density at radius 3 is 2.50 bits per heavy atom. The number of anilines is 2. The number of unbranched alkanes of at least 4 members (excludes halogenated alkanes) is 1. The summed E-state index contributed by atoms with van der Waals surface area (Å²) in [7, 11) is 1.82. The summed E-state index contributed by atoms with van der Waals surface area (Å²) in [5.41, 5.74) is 3.65. The summed E-state index contributed by atoms with van der Waals surface area (Å²) >= 11 is 0. The number of benzene rings is 1. The third-order valence-corrected chi connectivity index (χ3v) is 4.04. The van der Waals surface area contributed by atoms with Gasteiger partial charge >= 0.3 is 0 Å². The molecule has 24 heavy (non-hydrogen) atoms. The summed E-state index contributed by atoms with van der Waals surface area (Å²) < 4.78 is 0. The van der Waals surface area contributed by atoms with Crippen LogP contribution in [0, 0.1) is 0 Å². The van der Waals surface area contributed by atoms with Gasteiger partial charge in [-0.05, 0) is 42.2 Å². The first-order valence-electron chi connectivity index (χ1n) is 8.59. The van der Waals surface area contributed by atoms with Crippen molar-refractivity contribution < 1.29 is 4.79 Å². The smallest absolute Gasteiger partial charge is 0.272 e. The van der Waals surface area contributed by atoms with Crippen LogP contribution in [0.5, 0.6) is 0 Å². The average Bonchev–Trinajstić information content (AvgIpc) is 2.59. The van der Waals surface area contributed by atoms with Gasteiger partial charge in [-0.15, -0.1) is 0 Å². The molecule has 0 aliphatic carbocycles. The lowest BCUT2D eigenvalue weighted by atomic mass is 10.0. The fourth-order valence-corrected chi connectivity index (χ4v) is 2.44. The van der Waals surface area contributed by atoms with Crippen LogP contribution in [-0.2, 0) is 0 Å². The zero-order chi connectivity index (χ0) is 17.5. The van der Waals surface area contributed by atoms with Gasteiger partial charge in [0.1, 0.15) is 5.69 Å². The molecule has 0 fully saturated rings. The molecule has 0 saturated heterocycles. The Balaban J connectivity index is 2.08. The number of hydrogen-bond donors (Lipinski definition) is 1. The lowest BCUT2D eigenvalue weighted by Crippen LogP contribution is -2.28. The SMILES string of the molecule is CCCCN(C)C(=O)c1cc(Nc2ccc(C(C)C)cc2)ccn1. The van der Waals surface area contributed by atoms with E-state index in [1.54, 1.807) is 17.2 Å². The molecule has 0 atom stereocenters. The fourth-order valence-electron chi connectivity index (χ4n) is 2.44. The highest BCUT2D eigenvalue weighted by molar-refractivity contribution is 5.93. The van der Waals surface area contributed by atoms with Crippen LogP contribution in [0.4, 0.5) is 11.4 Å². The van der Waals surface area contributed by atoms with E-state index in [1.807, 2.05) is 13.1 Å². The monoisotopic (exact) mass is 325 g/mol. The van der Waals surface area contributed by atoms with Crippen LogP contribution in [0.15, 0.2) is 42.6 Å². The van der Waals surface area contributed by atoms with Gasteiger partial charge in [0.25, 0.3) is 5.91 Å². The van der Waals surface area contributed by atoms with Crippen LogP contribution in [-0.4, -0.2) is 29.4 Å². The molecule has 0 unspecified atom stereocenters. The Labute approximate surface area is 144 Å². The van der Waals surface area contributed by atoms with E-state index in [9.17, 15) is 4.79 Å². The maximum atomic E-state index is 12.4. The molecule has 0 radical (unpaired) electrons. The van der Waals surface area contributed by atoms with E-state index in [2.05, 4.69) is 55.3 Å². The molecule has 1 N–H and O–H groups in total. The lowest BCUT2D eigenvalue weighted by Gasteiger charge is -2.16. The predicted octanol–water partition coefficient (Wildman–Crippen LogP) is 4.82. The quantitative estimate of drug-likeness (QED) is 0.793. The number of pyridine rings is 1. The first kappa shape index (κ1) is 18.0. The van der Waals surface area contributed by atoms with Gasteiger partial charge in [-0.25, -0.2) is 0 Å². The fraction of sp³-hybridized carbons (Fsp3) is 0.400. The number of rotatable bonds is 7. The van der Waals surface area contributed by atoms with Crippen LogP contribution >= 0.6 is 0 Å². The van der Waals surface area contributed by atoms with Crippen molar-refractivity contribution in [3.8, 4) is 0 Å². The van der Waals surface area contributed by atoms with E-state index in [4.69, 9.17) is 0 Å². The summed E-state index contributed by atoms with van der Waals surface area (Å²) in [6, 6.07) is 12.0. The van der Waals surface area contributed by atoms with Crippen LogP contribution in [0.2, 0.25) is 0 Å². The summed E-state index contributed by atoms with van der Waals surface area (Å²) in [5, 5.41) is 3.34. The molecule has 0 aliphatic heterocycles. The van der Waals surface area contributed by atoms with Gasteiger partial charge in [-0.1, -0.05) is 39.3 Å². The highest BCUT2D eigenvalue weighted by Gasteiger charge is 2.13. The molecule has 1 aromatic heterocycles. The van der Waals surface area contributed by atoms with Crippen molar-refractivity contribution in [2.75, 3.05) is 18.9 Å². The molecule has 128 valence electrons. The second kappa shape index (κ2) is 8.48. The number of amides is 1. The zero-order valence-electron chi connectivity index (χ0n) is 15.0. The highest BCUT2D eigenvalue weighted by Crippen LogP contribution is 2.21. The summed E-state index contributed by atoms with van der Waals surface area (Å²) in [5.74, 6) is 0.477. The summed E-state index contributed by atoms with van der Waals surface area (Å²) in [6.07, 6.45) is 3.74. The minimum atomic E-state index is -0.0396. The molecular weight excluding hydrogens is 298 g/mol. The first-order valence-corrected chi connectivity index (χ1v) is 8.59. The van der Waals surface area contributed by atoms with Crippen molar-refractivity contribution in [3.05, 3.63) is 53.9 Å². The molecule has 1 aromatic carbocycles. The number of nitrogens with zero attached hydrogens (tertiary/aromatic N) is 2. The van der Waals surface area contributed by atoms with Crippen LogP contribution in [0.25, 0.3) is 0 Å². The van der Waals surface area contributed by atoms with Gasteiger partial charge in [-0.3, -0.25) is 9.78 Å². The van der Waals surface area contributed by atoms with E-state index in [1.165, 1.54) is 5.56 Å². The standard InChI is InChI=1S/C20H27N3O/c1-5-6-13-23(4)20(24)19-14-18(11-12-21-19)22-17-9-7-16(8-10-17)15(2)3/h7-12,14-15H,5-6,13H2,1-4H3,(H,21,22). The Hall–Kier alpha value is -2.36. The third kappa shape index (κ3) is 4.82. The maximum absolute atomic E-state index is 12.4. The second-order valence-electron chi connectivity index (χ2n) is 6.41.